The number of rotatable bonds is 4. The highest BCUT2D eigenvalue weighted by Crippen LogP contribution is 2.36. The smallest absolute Gasteiger partial charge is 0.264 e. The van der Waals surface area contributed by atoms with Gasteiger partial charge in [0.15, 0.2) is 0 Å². The zero-order chi connectivity index (χ0) is 16.3. The van der Waals surface area contributed by atoms with Crippen molar-refractivity contribution in [2.24, 2.45) is 0 Å². The number of hydrogen-bond acceptors (Lipinski definition) is 5. The molecule has 1 atom stereocenters. The summed E-state index contributed by atoms with van der Waals surface area (Å²) in [6.07, 6.45) is 4.09. The van der Waals surface area contributed by atoms with Gasteiger partial charge < -0.3 is 4.74 Å². The van der Waals surface area contributed by atoms with Gasteiger partial charge in [-0.05, 0) is 24.8 Å². The minimum Gasteiger partial charge on any atom is -0.375 e. The second-order valence-electron chi connectivity index (χ2n) is 6.71. The summed E-state index contributed by atoms with van der Waals surface area (Å²) in [5.41, 5.74) is 1.12. The Hall–Kier alpha value is -0.950. The quantitative estimate of drug-likeness (QED) is 0.787. The van der Waals surface area contributed by atoms with Crippen LogP contribution in [0, 0.1) is 0 Å². The van der Waals surface area contributed by atoms with Gasteiger partial charge in [-0.3, -0.25) is 9.08 Å². The summed E-state index contributed by atoms with van der Waals surface area (Å²) in [6, 6.07) is 10.5. The first-order chi connectivity index (χ1) is 10.9. The monoisotopic (exact) mass is 339 g/mol. The topological polar surface area (TPSA) is 55.8 Å². The highest BCUT2D eigenvalue weighted by Gasteiger charge is 2.41. The fourth-order valence-corrected chi connectivity index (χ4v) is 4.28. The maximum Gasteiger partial charge on any atom is 0.264 e. The van der Waals surface area contributed by atoms with Crippen LogP contribution in [0.2, 0.25) is 0 Å². The number of nitrogens with zero attached hydrogens (tertiary/aromatic N) is 1. The fraction of sp³-hybridized carbons (Fsp3) is 0.647. The third-order valence-electron chi connectivity index (χ3n) is 4.77. The Bertz CT molecular complexity index is 609. The van der Waals surface area contributed by atoms with E-state index in [0.29, 0.717) is 19.4 Å². The van der Waals surface area contributed by atoms with E-state index in [1.165, 1.54) is 5.56 Å². The van der Waals surface area contributed by atoms with Gasteiger partial charge in [0.25, 0.3) is 10.1 Å². The lowest BCUT2D eigenvalue weighted by atomic mass is 9.83. The number of hydrogen-bond donors (Lipinski definition) is 0. The molecule has 0 bridgehead atoms. The zero-order valence-electron chi connectivity index (χ0n) is 13.6. The normalized spacial score (nSPS) is 25.5. The molecule has 1 spiro atoms. The van der Waals surface area contributed by atoms with E-state index in [0.717, 1.165) is 38.7 Å². The molecule has 23 heavy (non-hydrogen) atoms. The average molecular weight is 339 g/mol. The molecule has 2 aliphatic rings. The second kappa shape index (κ2) is 6.89. The third kappa shape index (κ3) is 4.76. The van der Waals surface area contributed by atoms with Gasteiger partial charge >= 0.3 is 0 Å². The predicted molar refractivity (Wildman–Crippen MR) is 88.6 cm³/mol. The standard InChI is InChI=1S/C17H25NO4S/c1-23(19,20)22-16-7-12-21-17(13-16)8-10-18(11-9-17)14-15-5-3-2-4-6-15/h2-6,16H,7-14H2,1H3/t16-/m1/s1. The summed E-state index contributed by atoms with van der Waals surface area (Å²) in [7, 11) is -3.40. The van der Waals surface area contributed by atoms with Gasteiger partial charge in [0.05, 0.1) is 18.0 Å². The molecule has 2 aliphatic heterocycles. The molecule has 1 aromatic rings. The van der Waals surface area contributed by atoms with Crippen LogP contribution in [-0.2, 0) is 25.6 Å². The van der Waals surface area contributed by atoms with E-state index in [2.05, 4.69) is 29.2 Å². The van der Waals surface area contributed by atoms with Crippen LogP contribution in [-0.4, -0.2) is 51.0 Å². The second-order valence-corrected chi connectivity index (χ2v) is 8.31. The van der Waals surface area contributed by atoms with Crippen molar-refractivity contribution in [2.75, 3.05) is 26.0 Å². The number of benzene rings is 1. The molecule has 2 saturated heterocycles. The van der Waals surface area contributed by atoms with Crippen molar-refractivity contribution in [3.8, 4) is 0 Å². The van der Waals surface area contributed by atoms with Crippen molar-refractivity contribution in [1.29, 1.82) is 0 Å². The van der Waals surface area contributed by atoms with Crippen LogP contribution in [0.4, 0.5) is 0 Å². The number of likely N-dealkylation sites (tertiary alicyclic amines) is 1. The molecule has 1 aromatic carbocycles. The van der Waals surface area contributed by atoms with Gasteiger partial charge in [0.2, 0.25) is 0 Å². The molecule has 5 nitrogen and oxygen atoms in total. The number of piperidine rings is 1. The van der Waals surface area contributed by atoms with E-state index in [4.69, 9.17) is 8.92 Å². The van der Waals surface area contributed by atoms with E-state index in [1.54, 1.807) is 0 Å². The summed E-state index contributed by atoms with van der Waals surface area (Å²) in [4.78, 5) is 2.44. The van der Waals surface area contributed by atoms with E-state index in [9.17, 15) is 8.42 Å². The summed E-state index contributed by atoms with van der Waals surface area (Å²) in [5.74, 6) is 0. The maximum absolute atomic E-state index is 11.4. The molecule has 128 valence electrons. The molecular weight excluding hydrogens is 314 g/mol. The lowest BCUT2D eigenvalue weighted by Gasteiger charge is -2.45. The molecule has 0 radical (unpaired) electrons. The van der Waals surface area contributed by atoms with Crippen LogP contribution >= 0.6 is 0 Å². The Labute approximate surface area is 138 Å². The Morgan fingerprint density at radius 1 is 1.26 bits per heavy atom. The van der Waals surface area contributed by atoms with Crippen molar-refractivity contribution in [1.82, 2.24) is 4.90 Å². The van der Waals surface area contributed by atoms with Crippen molar-refractivity contribution in [3.05, 3.63) is 35.9 Å². The van der Waals surface area contributed by atoms with Crippen molar-refractivity contribution < 1.29 is 17.3 Å². The van der Waals surface area contributed by atoms with Crippen LogP contribution < -0.4 is 0 Å². The summed E-state index contributed by atoms with van der Waals surface area (Å²) < 4.78 is 34.0. The third-order valence-corrected chi connectivity index (χ3v) is 5.40. The molecule has 0 aromatic heterocycles. The minimum atomic E-state index is -3.40. The molecule has 2 heterocycles. The molecule has 2 fully saturated rings. The highest BCUT2D eigenvalue weighted by atomic mass is 32.2. The lowest BCUT2D eigenvalue weighted by molar-refractivity contribution is -0.138. The Kier molecular flexibility index (Phi) is 5.06. The Morgan fingerprint density at radius 3 is 2.61 bits per heavy atom. The van der Waals surface area contributed by atoms with Crippen LogP contribution in [0.15, 0.2) is 30.3 Å². The summed E-state index contributed by atoms with van der Waals surface area (Å²) in [6.45, 7) is 3.49. The van der Waals surface area contributed by atoms with E-state index < -0.39 is 10.1 Å². The van der Waals surface area contributed by atoms with Gasteiger partial charge in [0.1, 0.15) is 0 Å². The largest absolute Gasteiger partial charge is 0.375 e. The van der Waals surface area contributed by atoms with Crippen LogP contribution in [0.3, 0.4) is 0 Å². The van der Waals surface area contributed by atoms with Crippen LogP contribution in [0.5, 0.6) is 0 Å². The minimum absolute atomic E-state index is 0.208. The Morgan fingerprint density at radius 2 is 1.96 bits per heavy atom. The first-order valence-electron chi connectivity index (χ1n) is 8.23. The van der Waals surface area contributed by atoms with Crippen molar-refractivity contribution >= 4 is 10.1 Å². The van der Waals surface area contributed by atoms with Gasteiger partial charge in [0, 0.05) is 32.7 Å². The van der Waals surface area contributed by atoms with Gasteiger partial charge in [-0.25, -0.2) is 0 Å². The van der Waals surface area contributed by atoms with E-state index in [-0.39, 0.29) is 11.7 Å². The summed E-state index contributed by atoms with van der Waals surface area (Å²) in [5, 5.41) is 0. The molecule has 0 unspecified atom stereocenters. The maximum atomic E-state index is 11.4. The molecular formula is C17H25NO4S. The average Bonchev–Trinajstić information content (AvgIpc) is 2.50. The first-order valence-corrected chi connectivity index (χ1v) is 10.0. The van der Waals surface area contributed by atoms with Crippen LogP contribution in [0.1, 0.15) is 31.2 Å². The van der Waals surface area contributed by atoms with E-state index >= 15 is 0 Å². The van der Waals surface area contributed by atoms with Crippen molar-refractivity contribution in [3.63, 3.8) is 0 Å². The van der Waals surface area contributed by atoms with Gasteiger partial charge in [-0.15, -0.1) is 0 Å². The number of ether oxygens (including phenoxy) is 1. The molecule has 3 rings (SSSR count). The molecule has 0 aliphatic carbocycles. The van der Waals surface area contributed by atoms with E-state index in [1.807, 2.05) is 6.07 Å². The summed E-state index contributed by atoms with van der Waals surface area (Å²) >= 11 is 0. The Balaban J connectivity index is 1.55. The predicted octanol–water partition coefficient (Wildman–Crippen LogP) is 2.18. The lowest BCUT2D eigenvalue weighted by Crippen LogP contribution is -2.50. The molecule has 0 N–H and O–H groups in total. The highest BCUT2D eigenvalue weighted by molar-refractivity contribution is 7.86. The zero-order valence-corrected chi connectivity index (χ0v) is 14.4. The first kappa shape index (κ1) is 16.9. The van der Waals surface area contributed by atoms with Crippen LogP contribution in [0.25, 0.3) is 0 Å². The SMILES string of the molecule is CS(=O)(=O)O[C@@H]1CCOC2(CCN(Cc3ccccc3)CC2)C1. The van der Waals surface area contributed by atoms with Crippen molar-refractivity contribution in [2.45, 2.75) is 43.9 Å². The van der Waals surface area contributed by atoms with Gasteiger partial charge in [-0.2, -0.15) is 8.42 Å². The molecule has 0 amide bonds. The molecule has 0 saturated carbocycles. The van der Waals surface area contributed by atoms with Gasteiger partial charge in [-0.1, -0.05) is 30.3 Å². The fourth-order valence-electron chi connectivity index (χ4n) is 3.62. The molecule has 6 heteroatoms.